The van der Waals surface area contributed by atoms with Crippen molar-refractivity contribution in [1.29, 1.82) is 0 Å². The molecular formula is C14H22N2O3S. The van der Waals surface area contributed by atoms with Gasteiger partial charge in [-0.05, 0) is 37.0 Å². The topological polar surface area (TPSA) is 69.6 Å². The number of hydrogen-bond donors (Lipinski definition) is 2. The molecule has 2 N–H and O–H groups in total. The van der Waals surface area contributed by atoms with Gasteiger partial charge in [-0.3, -0.25) is 0 Å². The Balaban J connectivity index is 1.51. The molecule has 20 heavy (non-hydrogen) atoms. The molecule has 0 aromatic rings. The quantitative estimate of drug-likeness (QED) is 0.831. The Morgan fingerprint density at radius 1 is 1.30 bits per heavy atom. The number of rotatable bonds is 3. The number of carbonyl (C=O) groups is 2. The number of carboxylic acid groups (broad SMARTS) is 1. The first kappa shape index (κ1) is 14.0. The Morgan fingerprint density at radius 2 is 2.15 bits per heavy atom. The van der Waals surface area contributed by atoms with Crippen LogP contribution in [-0.2, 0) is 4.79 Å². The van der Waals surface area contributed by atoms with Gasteiger partial charge in [-0.25, -0.2) is 9.59 Å². The maximum atomic E-state index is 12.2. The minimum atomic E-state index is -0.896. The number of thioether (sulfide) groups is 1. The zero-order chi connectivity index (χ0) is 14.1. The lowest BCUT2D eigenvalue weighted by Gasteiger charge is -2.33. The molecule has 5 nitrogen and oxygen atoms in total. The molecule has 0 aromatic carbocycles. The van der Waals surface area contributed by atoms with Gasteiger partial charge in [0.1, 0.15) is 6.04 Å². The minimum absolute atomic E-state index is 0.194. The number of urea groups is 1. The van der Waals surface area contributed by atoms with Gasteiger partial charge in [0.15, 0.2) is 0 Å². The fraction of sp³-hybridized carbons (Fsp3) is 0.857. The molecule has 2 saturated carbocycles. The number of nitrogens with zero attached hydrogens (tertiary/aromatic N) is 1. The van der Waals surface area contributed by atoms with E-state index >= 15 is 0 Å². The Bertz CT molecular complexity index is 404. The smallest absolute Gasteiger partial charge is 0.327 e. The van der Waals surface area contributed by atoms with Crippen LogP contribution in [0.1, 0.15) is 25.7 Å². The molecule has 3 aliphatic rings. The number of aliphatic carboxylic acids is 1. The number of hydrogen-bond acceptors (Lipinski definition) is 3. The summed E-state index contributed by atoms with van der Waals surface area (Å²) in [6.07, 6.45) is 5.24. The first-order valence-electron chi connectivity index (χ1n) is 7.50. The zero-order valence-corrected chi connectivity index (χ0v) is 12.4. The zero-order valence-electron chi connectivity index (χ0n) is 11.6. The highest BCUT2D eigenvalue weighted by Gasteiger charge is 2.40. The largest absolute Gasteiger partial charge is 0.480 e. The fourth-order valence-electron chi connectivity index (χ4n) is 4.00. The molecular weight excluding hydrogens is 276 g/mol. The fourth-order valence-corrected chi connectivity index (χ4v) is 5.04. The average Bonchev–Trinajstić information content (AvgIpc) is 3.07. The van der Waals surface area contributed by atoms with Gasteiger partial charge in [0.25, 0.3) is 0 Å². The van der Waals surface area contributed by atoms with Gasteiger partial charge < -0.3 is 15.3 Å². The maximum absolute atomic E-state index is 12.2. The Kier molecular flexibility index (Phi) is 4.10. The van der Waals surface area contributed by atoms with Crippen LogP contribution in [0, 0.1) is 17.8 Å². The molecule has 4 atom stereocenters. The van der Waals surface area contributed by atoms with E-state index in [1.165, 1.54) is 30.6 Å². The molecule has 3 fully saturated rings. The second kappa shape index (κ2) is 5.84. The predicted octanol–water partition coefficient (Wildman–Crippen LogP) is 1.63. The average molecular weight is 298 g/mol. The second-order valence-corrected chi connectivity index (χ2v) is 7.39. The van der Waals surface area contributed by atoms with Crippen LogP contribution in [0.25, 0.3) is 0 Å². The van der Waals surface area contributed by atoms with Crippen molar-refractivity contribution in [2.45, 2.75) is 31.7 Å². The summed E-state index contributed by atoms with van der Waals surface area (Å²) in [6, 6.07) is -0.866. The molecule has 112 valence electrons. The van der Waals surface area contributed by atoms with Gasteiger partial charge in [0, 0.05) is 24.6 Å². The van der Waals surface area contributed by atoms with Crippen molar-refractivity contribution in [1.82, 2.24) is 10.2 Å². The van der Waals surface area contributed by atoms with Crippen LogP contribution in [0.2, 0.25) is 0 Å². The maximum Gasteiger partial charge on any atom is 0.327 e. The standard InChI is InChI=1S/C14H22N2O3S/c17-13(18)12-8-20-4-3-16(12)14(19)15-7-11-6-9-1-2-10(11)5-9/h9-12H,1-8H2,(H,15,19)(H,17,18). The lowest BCUT2D eigenvalue weighted by Crippen LogP contribution is -2.54. The van der Waals surface area contributed by atoms with Crippen molar-refractivity contribution < 1.29 is 14.7 Å². The Morgan fingerprint density at radius 3 is 2.80 bits per heavy atom. The van der Waals surface area contributed by atoms with Gasteiger partial charge in [0.2, 0.25) is 0 Å². The van der Waals surface area contributed by atoms with E-state index in [1.54, 1.807) is 11.8 Å². The third-order valence-corrected chi connectivity index (χ3v) is 6.10. The van der Waals surface area contributed by atoms with Crippen LogP contribution in [0.5, 0.6) is 0 Å². The van der Waals surface area contributed by atoms with E-state index in [0.29, 0.717) is 18.2 Å². The number of carbonyl (C=O) groups excluding carboxylic acids is 1. The summed E-state index contributed by atoms with van der Waals surface area (Å²) in [5.74, 6) is 2.70. The van der Waals surface area contributed by atoms with Crippen molar-refractivity contribution in [3.63, 3.8) is 0 Å². The van der Waals surface area contributed by atoms with E-state index in [-0.39, 0.29) is 6.03 Å². The number of carboxylic acids is 1. The minimum Gasteiger partial charge on any atom is -0.480 e. The summed E-state index contributed by atoms with van der Waals surface area (Å²) in [6.45, 7) is 1.25. The first-order chi connectivity index (χ1) is 9.65. The van der Waals surface area contributed by atoms with E-state index in [0.717, 1.165) is 24.1 Å². The number of fused-ring (bicyclic) bond motifs is 2. The molecule has 3 rings (SSSR count). The lowest BCUT2D eigenvalue weighted by atomic mass is 9.89. The Labute approximate surface area is 123 Å². The van der Waals surface area contributed by atoms with E-state index in [1.807, 2.05) is 0 Å². The SMILES string of the molecule is O=C(O)C1CSCCN1C(=O)NCC1CC2CCC1C2. The molecule has 1 saturated heterocycles. The molecule has 2 bridgehead atoms. The third-order valence-electron chi connectivity index (χ3n) is 5.07. The van der Waals surface area contributed by atoms with E-state index in [4.69, 9.17) is 0 Å². The van der Waals surface area contributed by atoms with Gasteiger partial charge in [-0.2, -0.15) is 11.8 Å². The number of amides is 2. The molecule has 2 aliphatic carbocycles. The summed E-state index contributed by atoms with van der Waals surface area (Å²) in [5, 5.41) is 12.2. The molecule has 0 radical (unpaired) electrons. The van der Waals surface area contributed by atoms with Gasteiger partial charge in [-0.1, -0.05) is 6.42 Å². The summed E-state index contributed by atoms with van der Waals surface area (Å²) >= 11 is 1.60. The molecule has 1 aliphatic heterocycles. The van der Waals surface area contributed by atoms with Crippen LogP contribution < -0.4 is 5.32 Å². The van der Waals surface area contributed by atoms with Crippen LogP contribution in [0.4, 0.5) is 4.79 Å². The monoisotopic (exact) mass is 298 g/mol. The van der Waals surface area contributed by atoms with Crippen molar-refractivity contribution in [2.24, 2.45) is 17.8 Å². The highest BCUT2D eigenvalue weighted by Crippen LogP contribution is 2.47. The summed E-state index contributed by atoms with van der Waals surface area (Å²) < 4.78 is 0. The summed E-state index contributed by atoms with van der Waals surface area (Å²) in [5.41, 5.74) is 0. The molecule has 0 spiro atoms. The molecule has 6 heteroatoms. The molecule has 1 heterocycles. The van der Waals surface area contributed by atoms with E-state index in [9.17, 15) is 14.7 Å². The summed E-state index contributed by atoms with van der Waals surface area (Å²) in [4.78, 5) is 24.9. The predicted molar refractivity (Wildman–Crippen MR) is 77.8 cm³/mol. The highest BCUT2D eigenvalue weighted by atomic mass is 32.2. The van der Waals surface area contributed by atoms with Crippen molar-refractivity contribution in [3.8, 4) is 0 Å². The van der Waals surface area contributed by atoms with Crippen LogP contribution >= 0.6 is 11.8 Å². The lowest BCUT2D eigenvalue weighted by molar-refractivity contribution is -0.141. The van der Waals surface area contributed by atoms with Gasteiger partial charge in [-0.15, -0.1) is 0 Å². The second-order valence-electron chi connectivity index (χ2n) is 6.24. The van der Waals surface area contributed by atoms with Gasteiger partial charge >= 0.3 is 12.0 Å². The summed E-state index contributed by atoms with van der Waals surface area (Å²) in [7, 11) is 0. The Hall–Kier alpha value is -0.910. The molecule has 0 aromatic heterocycles. The van der Waals surface area contributed by atoms with Crippen molar-refractivity contribution in [2.75, 3.05) is 24.6 Å². The van der Waals surface area contributed by atoms with Crippen LogP contribution in [0.15, 0.2) is 0 Å². The normalized spacial score (nSPS) is 36.1. The highest BCUT2D eigenvalue weighted by molar-refractivity contribution is 7.99. The van der Waals surface area contributed by atoms with Gasteiger partial charge in [0.05, 0.1) is 0 Å². The molecule has 2 amide bonds. The van der Waals surface area contributed by atoms with Crippen molar-refractivity contribution >= 4 is 23.8 Å². The van der Waals surface area contributed by atoms with Crippen molar-refractivity contribution in [3.05, 3.63) is 0 Å². The van der Waals surface area contributed by atoms with E-state index in [2.05, 4.69) is 5.32 Å². The number of nitrogens with one attached hydrogen (secondary N) is 1. The van der Waals surface area contributed by atoms with E-state index < -0.39 is 12.0 Å². The first-order valence-corrected chi connectivity index (χ1v) is 8.65. The third kappa shape index (κ3) is 2.75. The van der Waals surface area contributed by atoms with Crippen LogP contribution in [-0.4, -0.2) is 52.6 Å². The molecule has 4 unspecified atom stereocenters. The van der Waals surface area contributed by atoms with Crippen LogP contribution in [0.3, 0.4) is 0 Å².